The van der Waals surface area contributed by atoms with E-state index in [0.717, 1.165) is 6.07 Å². The van der Waals surface area contributed by atoms with Crippen molar-refractivity contribution in [1.82, 2.24) is 4.31 Å². The summed E-state index contributed by atoms with van der Waals surface area (Å²) >= 11 is 0. The largest absolute Gasteiger partial charge is 0.393 e. The molecule has 1 aromatic rings. The fraction of sp³-hybridized carbons (Fsp3) is 0.538. The Balaban J connectivity index is 2.28. The molecule has 1 heterocycles. The summed E-state index contributed by atoms with van der Waals surface area (Å²) in [5.41, 5.74) is 0. The Morgan fingerprint density at radius 1 is 1.42 bits per heavy atom. The first-order chi connectivity index (χ1) is 8.96. The van der Waals surface area contributed by atoms with E-state index in [2.05, 4.69) is 0 Å². The predicted octanol–water partition coefficient (Wildman–Crippen LogP) is 1.61. The number of nitrogens with zero attached hydrogens (tertiary/aromatic N) is 1. The van der Waals surface area contributed by atoms with Crippen LogP contribution in [0.4, 0.5) is 4.39 Å². The molecule has 6 heteroatoms. The summed E-state index contributed by atoms with van der Waals surface area (Å²) in [4.78, 5) is -0.291. The minimum atomic E-state index is -3.81. The molecule has 1 aromatic carbocycles. The first-order valence-corrected chi connectivity index (χ1v) is 7.83. The lowest BCUT2D eigenvalue weighted by Crippen LogP contribution is -2.45. The standard InChI is InChI=1S/C13H18FNO3S/c1-2-10-9-15(8-7-12(10)16)19(17,18)13-6-4-3-5-11(13)14/h3-6,10,12,16H,2,7-9H2,1H3. The van der Waals surface area contributed by atoms with Crippen LogP contribution in [0.1, 0.15) is 19.8 Å². The van der Waals surface area contributed by atoms with Gasteiger partial charge in [0.2, 0.25) is 10.0 Å². The molecular formula is C13H18FNO3S. The average molecular weight is 287 g/mol. The highest BCUT2D eigenvalue weighted by atomic mass is 32.2. The van der Waals surface area contributed by atoms with Gasteiger partial charge in [-0.1, -0.05) is 19.1 Å². The molecular weight excluding hydrogens is 269 g/mol. The monoisotopic (exact) mass is 287 g/mol. The molecule has 106 valence electrons. The highest BCUT2D eigenvalue weighted by Crippen LogP contribution is 2.26. The fourth-order valence-corrected chi connectivity index (χ4v) is 3.98. The minimum Gasteiger partial charge on any atom is -0.393 e. The van der Waals surface area contributed by atoms with Crippen LogP contribution in [0, 0.1) is 11.7 Å². The molecule has 2 rings (SSSR count). The van der Waals surface area contributed by atoms with Crippen molar-refractivity contribution in [3.8, 4) is 0 Å². The maximum absolute atomic E-state index is 13.6. The van der Waals surface area contributed by atoms with Crippen molar-refractivity contribution in [2.24, 2.45) is 5.92 Å². The van der Waals surface area contributed by atoms with Gasteiger partial charge in [0.15, 0.2) is 0 Å². The lowest BCUT2D eigenvalue weighted by atomic mass is 9.94. The quantitative estimate of drug-likeness (QED) is 0.919. The van der Waals surface area contributed by atoms with E-state index in [-0.39, 0.29) is 23.9 Å². The molecule has 0 spiro atoms. The summed E-state index contributed by atoms with van der Waals surface area (Å²) in [6.45, 7) is 2.38. The van der Waals surface area contributed by atoms with Gasteiger partial charge in [-0.15, -0.1) is 0 Å². The Bertz CT molecular complexity index is 547. The van der Waals surface area contributed by atoms with E-state index < -0.39 is 21.9 Å². The van der Waals surface area contributed by atoms with Gasteiger partial charge in [0.1, 0.15) is 10.7 Å². The maximum Gasteiger partial charge on any atom is 0.245 e. The second-order valence-electron chi connectivity index (χ2n) is 4.82. The van der Waals surface area contributed by atoms with E-state index in [9.17, 15) is 17.9 Å². The van der Waals surface area contributed by atoms with Gasteiger partial charge in [-0.3, -0.25) is 0 Å². The number of halogens is 1. The molecule has 0 radical (unpaired) electrons. The molecule has 0 bridgehead atoms. The fourth-order valence-electron chi connectivity index (χ4n) is 2.40. The highest BCUT2D eigenvalue weighted by Gasteiger charge is 2.34. The van der Waals surface area contributed by atoms with Crippen LogP contribution in [-0.2, 0) is 10.0 Å². The zero-order valence-corrected chi connectivity index (χ0v) is 11.6. The molecule has 2 unspecified atom stereocenters. The van der Waals surface area contributed by atoms with Gasteiger partial charge in [-0.25, -0.2) is 12.8 Å². The second kappa shape index (κ2) is 5.56. The Morgan fingerprint density at radius 2 is 2.11 bits per heavy atom. The zero-order valence-electron chi connectivity index (χ0n) is 10.8. The van der Waals surface area contributed by atoms with Gasteiger partial charge in [0.25, 0.3) is 0 Å². The van der Waals surface area contributed by atoms with Crippen molar-refractivity contribution in [2.45, 2.75) is 30.8 Å². The van der Waals surface area contributed by atoms with Crippen molar-refractivity contribution < 1.29 is 17.9 Å². The number of rotatable bonds is 3. The summed E-state index contributed by atoms with van der Waals surface area (Å²) in [5, 5.41) is 9.78. The summed E-state index contributed by atoms with van der Waals surface area (Å²) in [7, 11) is -3.81. The molecule has 1 aliphatic rings. The van der Waals surface area contributed by atoms with Crippen molar-refractivity contribution in [2.75, 3.05) is 13.1 Å². The molecule has 1 saturated heterocycles. The van der Waals surface area contributed by atoms with Crippen molar-refractivity contribution in [1.29, 1.82) is 0 Å². The smallest absolute Gasteiger partial charge is 0.245 e. The predicted molar refractivity (Wildman–Crippen MR) is 69.6 cm³/mol. The lowest BCUT2D eigenvalue weighted by Gasteiger charge is -2.34. The van der Waals surface area contributed by atoms with Crippen LogP contribution >= 0.6 is 0 Å². The first kappa shape index (κ1) is 14.4. The molecule has 1 N–H and O–H groups in total. The van der Waals surface area contributed by atoms with Crippen LogP contribution < -0.4 is 0 Å². The van der Waals surface area contributed by atoms with Crippen LogP contribution in [0.25, 0.3) is 0 Å². The van der Waals surface area contributed by atoms with Crippen molar-refractivity contribution >= 4 is 10.0 Å². The Hall–Kier alpha value is -0.980. The number of hydrogen-bond donors (Lipinski definition) is 1. The van der Waals surface area contributed by atoms with E-state index >= 15 is 0 Å². The van der Waals surface area contributed by atoms with E-state index in [1.54, 1.807) is 0 Å². The number of piperidine rings is 1. The molecule has 1 fully saturated rings. The van der Waals surface area contributed by atoms with E-state index in [4.69, 9.17) is 0 Å². The maximum atomic E-state index is 13.6. The Morgan fingerprint density at radius 3 is 2.74 bits per heavy atom. The topological polar surface area (TPSA) is 57.6 Å². The molecule has 4 nitrogen and oxygen atoms in total. The van der Waals surface area contributed by atoms with Gasteiger partial charge in [-0.05, 0) is 30.9 Å². The summed E-state index contributed by atoms with van der Waals surface area (Å²) < 4.78 is 39.7. The van der Waals surface area contributed by atoms with E-state index in [1.165, 1.54) is 22.5 Å². The van der Waals surface area contributed by atoms with Crippen molar-refractivity contribution in [3.05, 3.63) is 30.1 Å². The van der Waals surface area contributed by atoms with Crippen LogP contribution in [0.3, 0.4) is 0 Å². The Labute approximate surface area is 112 Å². The summed E-state index contributed by atoms with van der Waals surface area (Å²) in [6, 6.07) is 5.38. The number of aliphatic hydroxyl groups is 1. The van der Waals surface area contributed by atoms with Crippen molar-refractivity contribution in [3.63, 3.8) is 0 Å². The summed E-state index contributed by atoms with van der Waals surface area (Å²) in [6.07, 6.45) is 0.619. The molecule has 1 aliphatic heterocycles. The van der Waals surface area contributed by atoms with Crippen LogP contribution in [-0.4, -0.2) is 37.0 Å². The Kier molecular flexibility index (Phi) is 4.23. The van der Waals surface area contributed by atoms with Gasteiger partial charge < -0.3 is 5.11 Å². The number of benzene rings is 1. The molecule has 0 aromatic heterocycles. The third kappa shape index (κ3) is 2.80. The molecule has 0 aliphatic carbocycles. The summed E-state index contributed by atoms with van der Waals surface area (Å²) in [5.74, 6) is -0.822. The number of hydrogen-bond acceptors (Lipinski definition) is 3. The van der Waals surface area contributed by atoms with E-state index in [0.29, 0.717) is 12.8 Å². The van der Waals surface area contributed by atoms with Crippen LogP contribution in [0.2, 0.25) is 0 Å². The SMILES string of the molecule is CCC1CN(S(=O)(=O)c2ccccc2F)CCC1O. The van der Waals surface area contributed by atoms with E-state index in [1.807, 2.05) is 6.92 Å². The molecule has 19 heavy (non-hydrogen) atoms. The third-order valence-electron chi connectivity index (χ3n) is 3.64. The average Bonchev–Trinajstić information content (AvgIpc) is 2.39. The molecule has 0 amide bonds. The first-order valence-electron chi connectivity index (χ1n) is 6.39. The number of sulfonamides is 1. The highest BCUT2D eigenvalue weighted by molar-refractivity contribution is 7.89. The minimum absolute atomic E-state index is 0.0877. The normalized spacial score (nSPS) is 25.4. The van der Waals surface area contributed by atoms with Crippen LogP contribution in [0.15, 0.2) is 29.2 Å². The third-order valence-corrected chi connectivity index (χ3v) is 5.53. The van der Waals surface area contributed by atoms with Gasteiger partial charge >= 0.3 is 0 Å². The lowest BCUT2D eigenvalue weighted by molar-refractivity contribution is 0.0520. The second-order valence-corrected chi connectivity index (χ2v) is 6.72. The molecule has 0 saturated carbocycles. The van der Waals surface area contributed by atoms with Crippen LogP contribution in [0.5, 0.6) is 0 Å². The number of aliphatic hydroxyl groups excluding tert-OH is 1. The van der Waals surface area contributed by atoms with Gasteiger partial charge in [0.05, 0.1) is 6.10 Å². The van der Waals surface area contributed by atoms with Gasteiger partial charge in [0, 0.05) is 13.1 Å². The zero-order chi connectivity index (χ0) is 14.0. The van der Waals surface area contributed by atoms with Gasteiger partial charge in [-0.2, -0.15) is 4.31 Å². The molecule has 2 atom stereocenters.